The van der Waals surface area contributed by atoms with Gasteiger partial charge in [-0.2, -0.15) is 9.99 Å². The number of anilines is 1. The lowest BCUT2D eigenvalue weighted by Gasteiger charge is -2.34. The van der Waals surface area contributed by atoms with Crippen molar-refractivity contribution in [3.05, 3.63) is 63.6 Å². The number of hydrogen-bond acceptors (Lipinski definition) is 5. The number of fused-ring (bicyclic) bond motifs is 1. The molecule has 150 valence electrons. The first kappa shape index (κ1) is 20.9. The van der Waals surface area contributed by atoms with Gasteiger partial charge in [-0.3, -0.25) is 0 Å². The van der Waals surface area contributed by atoms with Crippen LogP contribution in [-0.2, 0) is 0 Å². The second-order valence-corrected chi connectivity index (χ2v) is 7.25. The van der Waals surface area contributed by atoms with Gasteiger partial charge in [0.2, 0.25) is 0 Å². The molecule has 1 aliphatic rings. The molecule has 7 nitrogen and oxygen atoms in total. The van der Waals surface area contributed by atoms with Crippen LogP contribution in [0.4, 0.5) is 5.69 Å². The SMILES string of the molecule is CN1CCN(c2cc3c(cc2Cl)[n+]([O-])c(C#N)c(-c2ccccc2)[n+]3[O-])CC1.Cl. The molecule has 0 amide bonds. The number of hydrogen-bond donors (Lipinski definition) is 0. The Hall–Kier alpha value is -2.79. The van der Waals surface area contributed by atoms with E-state index in [2.05, 4.69) is 16.8 Å². The van der Waals surface area contributed by atoms with Gasteiger partial charge in [0.05, 0.1) is 16.3 Å². The van der Waals surface area contributed by atoms with E-state index in [0.29, 0.717) is 20.0 Å². The topological polar surface area (TPSA) is 84.2 Å². The summed E-state index contributed by atoms with van der Waals surface area (Å²) in [4.78, 5) is 4.33. The van der Waals surface area contributed by atoms with Crippen LogP contribution in [0, 0.1) is 21.7 Å². The summed E-state index contributed by atoms with van der Waals surface area (Å²) >= 11 is 6.45. The van der Waals surface area contributed by atoms with Gasteiger partial charge in [0.15, 0.2) is 6.07 Å². The third-order valence-corrected chi connectivity index (χ3v) is 5.41. The maximum atomic E-state index is 13.2. The third-order valence-electron chi connectivity index (χ3n) is 5.11. The molecule has 1 aromatic heterocycles. The van der Waals surface area contributed by atoms with Crippen molar-refractivity contribution >= 4 is 40.7 Å². The van der Waals surface area contributed by atoms with Gasteiger partial charge in [-0.05, 0) is 19.2 Å². The first-order chi connectivity index (χ1) is 13.5. The molecule has 1 fully saturated rings. The van der Waals surface area contributed by atoms with Crippen molar-refractivity contribution in [3.63, 3.8) is 0 Å². The average molecular weight is 432 g/mol. The molecule has 9 heteroatoms. The number of aromatic nitrogens is 2. The molecule has 1 saturated heterocycles. The summed E-state index contributed by atoms with van der Waals surface area (Å²) in [5.74, 6) is 0. The zero-order valence-corrected chi connectivity index (χ0v) is 17.3. The van der Waals surface area contributed by atoms with Crippen molar-refractivity contribution in [2.24, 2.45) is 0 Å². The highest BCUT2D eigenvalue weighted by atomic mass is 35.5. The van der Waals surface area contributed by atoms with Crippen LogP contribution in [0.25, 0.3) is 22.3 Å². The minimum atomic E-state index is -0.253. The van der Waals surface area contributed by atoms with E-state index in [1.165, 1.54) is 6.07 Å². The molecular formula is C20H19Cl2N5O2. The number of halogens is 2. The van der Waals surface area contributed by atoms with E-state index in [1.54, 1.807) is 30.3 Å². The van der Waals surface area contributed by atoms with Crippen molar-refractivity contribution in [2.75, 3.05) is 38.1 Å². The highest BCUT2D eigenvalue weighted by molar-refractivity contribution is 6.34. The van der Waals surface area contributed by atoms with Gasteiger partial charge in [0, 0.05) is 38.3 Å². The van der Waals surface area contributed by atoms with Gasteiger partial charge in [-0.1, -0.05) is 29.8 Å². The first-order valence-corrected chi connectivity index (χ1v) is 9.30. The Balaban J connectivity index is 0.00000240. The monoisotopic (exact) mass is 431 g/mol. The molecule has 0 saturated carbocycles. The van der Waals surface area contributed by atoms with E-state index in [9.17, 15) is 15.7 Å². The Morgan fingerprint density at radius 2 is 1.62 bits per heavy atom. The van der Waals surface area contributed by atoms with Crippen molar-refractivity contribution in [2.45, 2.75) is 0 Å². The molecule has 1 aliphatic heterocycles. The third kappa shape index (κ3) is 3.62. The molecule has 0 unspecified atom stereocenters. The van der Waals surface area contributed by atoms with E-state index in [-0.39, 0.29) is 34.8 Å². The second-order valence-electron chi connectivity index (χ2n) is 6.85. The van der Waals surface area contributed by atoms with Crippen LogP contribution < -0.4 is 14.4 Å². The lowest BCUT2D eigenvalue weighted by molar-refractivity contribution is -0.622. The van der Waals surface area contributed by atoms with Crippen LogP contribution in [0.2, 0.25) is 5.02 Å². The Bertz CT molecular complexity index is 1090. The largest absolute Gasteiger partial charge is 0.617 e. The molecule has 0 bridgehead atoms. The lowest BCUT2D eigenvalue weighted by atomic mass is 10.1. The Kier molecular flexibility index (Phi) is 5.99. The molecule has 0 aliphatic carbocycles. The van der Waals surface area contributed by atoms with Crippen LogP contribution in [-0.4, -0.2) is 38.1 Å². The van der Waals surface area contributed by atoms with Gasteiger partial charge in [0.25, 0.3) is 11.0 Å². The summed E-state index contributed by atoms with van der Waals surface area (Å²) in [6.45, 7) is 3.32. The van der Waals surface area contributed by atoms with Crippen LogP contribution in [0.15, 0.2) is 42.5 Å². The number of rotatable bonds is 2. The van der Waals surface area contributed by atoms with E-state index in [0.717, 1.165) is 31.9 Å². The average Bonchev–Trinajstić information content (AvgIpc) is 2.71. The highest BCUT2D eigenvalue weighted by Crippen LogP contribution is 2.31. The molecule has 0 spiro atoms. The summed E-state index contributed by atoms with van der Waals surface area (Å²) < 4.78 is 1.15. The fourth-order valence-electron chi connectivity index (χ4n) is 3.54. The molecular weight excluding hydrogens is 413 g/mol. The van der Waals surface area contributed by atoms with Crippen LogP contribution in [0.3, 0.4) is 0 Å². The predicted octanol–water partition coefficient (Wildman–Crippen LogP) is 2.47. The quantitative estimate of drug-likeness (QED) is 0.459. The Morgan fingerprint density at radius 1 is 1.00 bits per heavy atom. The number of nitriles is 1. The second kappa shape index (κ2) is 8.29. The van der Waals surface area contributed by atoms with Crippen LogP contribution >= 0.6 is 24.0 Å². The van der Waals surface area contributed by atoms with Crippen molar-refractivity contribution < 1.29 is 9.46 Å². The summed E-state index contributed by atoms with van der Waals surface area (Å²) in [7, 11) is 2.06. The van der Waals surface area contributed by atoms with Crippen LogP contribution in [0.5, 0.6) is 0 Å². The Morgan fingerprint density at radius 3 is 2.24 bits per heavy atom. The lowest BCUT2D eigenvalue weighted by Crippen LogP contribution is -2.45. The smallest absolute Gasteiger partial charge is 0.369 e. The van der Waals surface area contributed by atoms with Crippen molar-refractivity contribution in [3.8, 4) is 17.3 Å². The van der Waals surface area contributed by atoms with E-state index < -0.39 is 0 Å². The van der Waals surface area contributed by atoms with Gasteiger partial charge in [-0.15, -0.1) is 17.1 Å². The number of benzene rings is 2. The minimum absolute atomic E-state index is 0. The van der Waals surface area contributed by atoms with Gasteiger partial charge >= 0.3 is 11.4 Å². The predicted molar refractivity (Wildman–Crippen MR) is 114 cm³/mol. The van der Waals surface area contributed by atoms with Gasteiger partial charge in [-0.25, -0.2) is 0 Å². The molecule has 4 rings (SSSR count). The molecule has 2 aromatic carbocycles. The summed E-state index contributed by atoms with van der Waals surface area (Å²) in [5.41, 5.74) is 1.28. The number of likely N-dealkylation sites (N-methyl/N-ethyl adjacent to an activating group) is 1. The van der Waals surface area contributed by atoms with Crippen LogP contribution in [0.1, 0.15) is 5.69 Å². The number of piperazine rings is 1. The molecule has 2 heterocycles. The molecule has 29 heavy (non-hydrogen) atoms. The fraction of sp³-hybridized carbons (Fsp3) is 0.250. The van der Waals surface area contributed by atoms with E-state index in [1.807, 2.05) is 12.1 Å². The van der Waals surface area contributed by atoms with Gasteiger partial charge < -0.3 is 20.2 Å². The van der Waals surface area contributed by atoms with E-state index in [4.69, 9.17) is 11.6 Å². The van der Waals surface area contributed by atoms with Crippen molar-refractivity contribution in [1.29, 1.82) is 5.26 Å². The normalized spacial score (nSPS) is 14.4. The maximum absolute atomic E-state index is 13.2. The zero-order valence-electron chi connectivity index (χ0n) is 15.7. The molecule has 0 N–H and O–H groups in total. The Labute approximate surface area is 179 Å². The first-order valence-electron chi connectivity index (χ1n) is 8.92. The van der Waals surface area contributed by atoms with Gasteiger partial charge in [0.1, 0.15) is 0 Å². The molecule has 0 radical (unpaired) electrons. The minimum Gasteiger partial charge on any atom is -0.617 e. The zero-order chi connectivity index (χ0) is 19.8. The molecule has 3 aromatic rings. The standard InChI is InChI=1S/C20H18ClN5O2.ClH/c1-23-7-9-24(10-8-23)16-12-18-17(11-15(16)21)25(27)19(13-22)20(26(18)28)14-5-3-2-4-6-14;/h2-6,11-12H,7-10H2,1H3;1H. The fourth-order valence-corrected chi connectivity index (χ4v) is 3.81. The summed E-state index contributed by atoms with van der Waals surface area (Å²) in [5, 5.41) is 36.0. The van der Waals surface area contributed by atoms with Crippen molar-refractivity contribution in [1.82, 2.24) is 4.90 Å². The summed E-state index contributed by atoms with van der Waals surface area (Å²) in [6, 6.07) is 13.7. The molecule has 0 atom stereocenters. The highest BCUT2D eigenvalue weighted by Gasteiger charge is 2.31. The maximum Gasteiger partial charge on any atom is 0.369 e. The van der Waals surface area contributed by atoms with E-state index >= 15 is 0 Å². The number of nitrogens with zero attached hydrogens (tertiary/aromatic N) is 5. The summed E-state index contributed by atoms with van der Waals surface area (Å²) in [6.07, 6.45) is 0.